The maximum absolute atomic E-state index is 11.2. The van der Waals surface area contributed by atoms with Crippen LogP contribution >= 0.6 is 0 Å². The van der Waals surface area contributed by atoms with Crippen LogP contribution in [-0.2, 0) is 15.9 Å². The Balaban J connectivity index is 2.47. The van der Waals surface area contributed by atoms with E-state index in [0.717, 1.165) is 5.56 Å². The Labute approximate surface area is 113 Å². The summed E-state index contributed by atoms with van der Waals surface area (Å²) in [6, 6.07) is 1.79. The van der Waals surface area contributed by atoms with Gasteiger partial charge in [-0.25, -0.2) is 0 Å². The number of hydrogen-bond acceptors (Lipinski definition) is 5. The van der Waals surface area contributed by atoms with E-state index in [4.69, 9.17) is 15.0 Å². The minimum absolute atomic E-state index is 0.308. The summed E-state index contributed by atoms with van der Waals surface area (Å²) in [7, 11) is -0.613. The van der Waals surface area contributed by atoms with E-state index < -0.39 is 18.3 Å². The van der Waals surface area contributed by atoms with Crippen LogP contribution in [0.1, 0.15) is 43.7 Å². The van der Waals surface area contributed by atoms with Crippen LogP contribution < -0.4 is 11.2 Å². The Morgan fingerprint density at radius 1 is 1.32 bits per heavy atom. The molecule has 0 atom stereocenters. The third-order valence-corrected chi connectivity index (χ3v) is 3.93. The molecule has 0 unspecified atom stereocenters. The lowest BCUT2D eigenvalue weighted by atomic mass is 9.75. The molecule has 1 aromatic rings. The molecule has 0 radical (unpaired) electrons. The first-order chi connectivity index (χ1) is 8.82. The normalized spacial score (nSPS) is 20.6. The van der Waals surface area contributed by atoms with E-state index in [0.29, 0.717) is 24.0 Å². The van der Waals surface area contributed by atoms with E-state index in [9.17, 15) is 4.79 Å². The molecule has 0 amide bonds. The highest BCUT2D eigenvalue weighted by atomic mass is 16.7. The van der Waals surface area contributed by atoms with Gasteiger partial charge < -0.3 is 15.0 Å². The van der Waals surface area contributed by atoms with Gasteiger partial charge in [0, 0.05) is 18.2 Å². The van der Waals surface area contributed by atoms with Crippen LogP contribution in [-0.4, -0.2) is 29.6 Å². The lowest BCUT2D eigenvalue weighted by Gasteiger charge is -2.32. The van der Waals surface area contributed by atoms with Crippen molar-refractivity contribution < 1.29 is 14.1 Å². The molecular formula is C13H19BN2O3. The van der Waals surface area contributed by atoms with E-state index >= 15 is 0 Å². The molecule has 19 heavy (non-hydrogen) atoms. The number of nitrogens with two attached hydrogens (primary N) is 1. The van der Waals surface area contributed by atoms with Gasteiger partial charge in [0.25, 0.3) is 0 Å². The standard InChI is InChI=1S/C13H19BN2O3/c1-12(2)13(3,4)19-14(18-12)11-9(7-15)5-6-16-10(11)8-17/h5-6,8H,7,15H2,1-4H3. The Hall–Kier alpha value is -1.24. The SMILES string of the molecule is CC1(C)OB(c2c(CN)ccnc2C=O)OC1(C)C. The molecule has 1 aliphatic heterocycles. The molecule has 2 rings (SSSR count). The molecule has 6 heteroatoms. The quantitative estimate of drug-likeness (QED) is 0.639. The van der Waals surface area contributed by atoms with Crippen molar-refractivity contribution in [3.8, 4) is 0 Å². The molecule has 102 valence electrons. The molecule has 5 nitrogen and oxygen atoms in total. The second-order valence-corrected chi connectivity index (χ2v) is 5.68. The van der Waals surface area contributed by atoms with Gasteiger partial charge in [-0.3, -0.25) is 9.78 Å². The van der Waals surface area contributed by atoms with Crippen LogP contribution in [0.3, 0.4) is 0 Å². The first kappa shape index (κ1) is 14.2. The van der Waals surface area contributed by atoms with Crippen molar-refractivity contribution in [1.82, 2.24) is 4.98 Å². The molecule has 1 fully saturated rings. The number of carbonyl (C=O) groups is 1. The highest BCUT2D eigenvalue weighted by molar-refractivity contribution is 6.63. The minimum atomic E-state index is -0.613. The van der Waals surface area contributed by atoms with Gasteiger partial charge in [0.05, 0.1) is 11.2 Å². The molecule has 2 heterocycles. The first-order valence-electron chi connectivity index (χ1n) is 6.31. The zero-order chi connectivity index (χ0) is 14.3. The topological polar surface area (TPSA) is 74.4 Å². The summed E-state index contributed by atoms with van der Waals surface area (Å²) in [6.45, 7) is 8.17. The van der Waals surface area contributed by atoms with Gasteiger partial charge in [0.2, 0.25) is 0 Å². The molecule has 0 spiro atoms. The van der Waals surface area contributed by atoms with Crippen LogP contribution in [0.4, 0.5) is 0 Å². The summed E-state index contributed by atoms with van der Waals surface area (Å²) < 4.78 is 11.9. The van der Waals surface area contributed by atoms with Crippen molar-refractivity contribution in [2.24, 2.45) is 5.73 Å². The molecule has 1 saturated heterocycles. The molecule has 0 aliphatic carbocycles. The number of carbonyl (C=O) groups excluding carboxylic acids is 1. The third kappa shape index (κ3) is 2.31. The lowest BCUT2D eigenvalue weighted by molar-refractivity contribution is 0.00578. The lowest BCUT2D eigenvalue weighted by Crippen LogP contribution is -2.41. The summed E-state index contributed by atoms with van der Waals surface area (Å²) in [6.07, 6.45) is 2.28. The maximum atomic E-state index is 11.2. The van der Waals surface area contributed by atoms with Gasteiger partial charge >= 0.3 is 7.12 Å². The van der Waals surface area contributed by atoms with Crippen molar-refractivity contribution in [1.29, 1.82) is 0 Å². The molecular weight excluding hydrogens is 243 g/mol. The van der Waals surface area contributed by atoms with E-state index in [1.54, 1.807) is 12.3 Å². The van der Waals surface area contributed by atoms with Crippen molar-refractivity contribution in [2.75, 3.05) is 0 Å². The summed E-state index contributed by atoms with van der Waals surface area (Å²) in [4.78, 5) is 15.2. The minimum Gasteiger partial charge on any atom is -0.399 e. The van der Waals surface area contributed by atoms with Crippen molar-refractivity contribution in [3.05, 3.63) is 23.5 Å². The zero-order valence-electron chi connectivity index (χ0n) is 11.8. The van der Waals surface area contributed by atoms with Crippen LogP contribution in [0.2, 0.25) is 0 Å². The molecule has 1 aliphatic rings. The summed E-state index contributed by atoms with van der Waals surface area (Å²) in [5.74, 6) is 0. The third-order valence-electron chi connectivity index (χ3n) is 3.93. The van der Waals surface area contributed by atoms with Gasteiger partial charge in [-0.2, -0.15) is 0 Å². The van der Waals surface area contributed by atoms with E-state index in [1.165, 1.54) is 0 Å². The highest BCUT2D eigenvalue weighted by Gasteiger charge is 2.52. The first-order valence-corrected chi connectivity index (χ1v) is 6.31. The number of rotatable bonds is 3. The Morgan fingerprint density at radius 3 is 2.37 bits per heavy atom. The molecule has 0 bridgehead atoms. The number of nitrogens with zero attached hydrogens (tertiary/aromatic N) is 1. The van der Waals surface area contributed by atoms with Gasteiger partial charge in [-0.15, -0.1) is 0 Å². The highest BCUT2D eigenvalue weighted by Crippen LogP contribution is 2.36. The zero-order valence-corrected chi connectivity index (χ0v) is 11.8. The van der Waals surface area contributed by atoms with Crippen LogP contribution in [0.5, 0.6) is 0 Å². The number of aldehydes is 1. The van der Waals surface area contributed by atoms with Gasteiger partial charge in [0.1, 0.15) is 5.69 Å². The van der Waals surface area contributed by atoms with E-state index in [2.05, 4.69) is 4.98 Å². The maximum Gasteiger partial charge on any atom is 0.497 e. The molecule has 1 aromatic heterocycles. The Kier molecular flexibility index (Phi) is 3.51. The second kappa shape index (κ2) is 4.70. The monoisotopic (exact) mass is 262 g/mol. The van der Waals surface area contributed by atoms with Crippen molar-refractivity contribution in [3.63, 3.8) is 0 Å². The van der Waals surface area contributed by atoms with Crippen LogP contribution in [0, 0.1) is 0 Å². The van der Waals surface area contributed by atoms with Crippen LogP contribution in [0.25, 0.3) is 0 Å². The fourth-order valence-electron chi connectivity index (χ4n) is 2.04. The molecule has 0 saturated carbocycles. The van der Waals surface area contributed by atoms with Crippen molar-refractivity contribution >= 4 is 18.9 Å². The Bertz CT molecular complexity index is 487. The second-order valence-electron chi connectivity index (χ2n) is 5.68. The van der Waals surface area contributed by atoms with Crippen LogP contribution in [0.15, 0.2) is 12.3 Å². The fourth-order valence-corrected chi connectivity index (χ4v) is 2.04. The summed E-state index contributed by atoms with van der Waals surface area (Å²) in [5, 5.41) is 0. The number of pyridine rings is 1. The van der Waals surface area contributed by atoms with Gasteiger partial charge in [-0.05, 0) is 39.3 Å². The molecule has 0 aromatic carbocycles. The molecule has 2 N–H and O–H groups in total. The van der Waals surface area contributed by atoms with E-state index in [-0.39, 0.29) is 0 Å². The fraction of sp³-hybridized carbons (Fsp3) is 0.538. The number of hydrogen-bond donors (Lipinski definition) is 1. The van der Waals surface area contributed by atoms with Gasteiger partial charge in [0.15, 0.2) is 6.29 Å². The summed E-state index contributed by atoms with van der Waals surface area (Å²) >= 11 is 0. The number of aromatic nitrogens is 1. The average molecular weight is 262 g/mol. The predicted molar refractivity (Wildman–Crippen MR) is 73.2 cm³/mol. The smallest absolute Gasteiger partial charge is 0.399 e. The average Bonchev–Trinajstić information content (AvgIpc) is 2.57. The Morgan fingerprint density at radius 2 is 1.89 bits per heavy atom. The van der Waals surface area contributed by atoms with E-state index in [1.807, 2.05) is 27.7 Å². The predicted octanol–water partition coefficient (Wildman–Crippen LogP) is 0.652. The van der Waals surface area contributed by atoms with Gasteiger partial charge in [-0.1, -0.05) is 0 Å². The largest absolute Gasteiger partial charge is 0.497 e. The summed E-state index contributed by atoms with van der Waals surface area (Å²) in [5.41, 5.74) is 6.58. The van der Waals surface area contributed by atoms with Crippen molar-refractivity contribution in [2.45, 2.75) is 45.4 Å².